The van der Waals surface area contributed by atoms with Crippen LogP contribution < -0.4 is 21.9 Å². The molecule has 0 aliphatic heterocycles. The number of aromatic amines is 1. The third-order valence-electron chi connectivity index (χ3n) is 5.40. The van der Waals surface area contributed by atoms with Crippen LogP contribution in [0.5, 0.6) is 0 Å². The number of hydrogen-bond acceptors (Lipinski definition) is 5. The zero-order valence-corrected chi connectivity index (χ0v) is 19.7. The fraction of sp³-hybridized carbons (Fsp3) is 0.478. The molecular weight excluding hydrogens is 408 g/mol. The van der Waals surface area contributed by atoms with E-state index >= 15 is 0 Å². The molecule has 2 heterocycles. The van der Waals surface area contributed by atoms with E-state index in [4.69, 9.17) is 5.73 Å². The molecular formula is C23H32N6O3. The molecule has 0 saturated carbocycles. The summed E-state index contributed by atoms with van der Waals surface area (Å²) in [5.41, 5.74) is 7.14. The number of nitrogen functional groups attached to an aromatic ring is 1. The quantitative estimate of drug-likeness (QED) is 0.481. The van der Waals surface area contributed by atoms with Crippen LogP contribution in [-0.2, 0) is 17.9 Å². The molecule has 9 heteroatoms. The van der Waals surface area contributed by atoms with Gasteiger partial charge in [-0.05, 0) is 43.9 Å². The molecule has 0 aromatic carbocycles. The van der Waals surface area contributed by atoms with Gasteiger partial charge in [0.15, 0.2) is 5.69 Å². The maximum Gasteiger partial charge on any atom is 0.330 e. The van der Waals surface area contributed by atoms with Crippen molar-refractivity contribution in [3.05, 3.63) is 49.4 Å². The van der Waals surface area contributed by atoms with E-state index in [1.807, 2.05) is 32.9 Å². The van der Waals surface area contributed by atoms with Crippen LogP contribution in [0.25, 0.3) is 6.08 Å². The zero-order valence-electron chi connectivity index (χ0n) is 19.7. The lowest BCUT2D eigenvalue weighted by molar-refractivity contribution is -0.114. The van der Waals surface area contributed by atoms with Crippen LogP contribution in [0.2, 0.25) is 0 Å². The highest BCUT2D eigenvalue weighted by Crippen LogP contribution is 2.22. The predicted octanol–water partition coefficient (Wildman–Crippen LogP) is 2.56. The number of anilines is 2. The highest BCUT2D eigenvalue weighted by Gasteiger charge is 2.24. The fourth-order valence-electron chi connectivity index (χ4n) is 3.64. The average Bonchev–Trinajstić information content (AvgIpc) is 2.97. The molecule has 0 aliphatic rings. The number of amides is 1. The number of likely N-dealkylation sites (N-methyl/N-ethyl adjacent to an activating group) is 1. The standard InChI is InChI=1S/C23H32N6O3/c1-7-8-9-28-20(25)19(21(30)26-23(28)32)27(6)22(31)18(12-24)11-17-10-15(4)29(16(17)5)13-14(2)3/h10-11,14H,7-9,13,25H2,1-6H3,(H,26,30,32)/b18-11+. The van der Waals surface area contributed by atoms with E-state index in [2.05, 4.69) is 23.4 Å². The van der Waals surface area contributed by atoms with E-state index in [1.165, 1.54) is 17.7 Å². The van der Waals surface area contributed by atoms with Gasteiger partial charge < -0.3 is 15.2 Å². The number of carbonyl (C=O) groups is 1. The van der Waals surface area contributed by atoms with Gasteiger partial charge in [-0.25, -0.2) is 4.79 Å². The Kier molecular flexibility index (Phi) is 7.87. The summed E-state index contributed by atoms with van der Waals surface area (Å²) in [6.07, 6.45) is 3.03. The second-order valence-electron chi connectivity index (χ2n) is 8.36. The Morgan fingerprint density at radius 1 is 1.31 bits per heavy atom. The number of unbranched alkanes of at least 4 members (excludes halogenated alkanes) is 1. The molecule has 32 heavy (non-hydrogen) atoms. The van der Waals surface area contributed by atoms with E-state index in [9.17, 15) is 19.6 Å². The van der Waals surface area contributed by atoms with Crippen LogP contribution in [0.3, 0.4) is 0 Å². The molecule has 0 fully saturated rings. The molecule has 0 aliphatic carbocycles. The summed E-state index contributed by atoms with van der Waals surface area (Å²) in [7, 11) is 1.37. The minimum absolute atomic E-state index is 0.101. The first-order chi connectivity index (χ1) is 15.0. The number of nitrogens with two attached hydrogens (primary N) is 1. The smallest absolute Gasteiger partial charge is 0.330 e. The van der Waals surface area contributed by atoms with Gasteiger partial charge in [-0.1, -0.05) is 27.2 Å². The molecule has 3 N–H and O–H groups in total. The molecule has 0 atom stereocenters. The van der Waals surface area contributed by atoms with E-state index < -0.39 is 17.2 Å². The Hall–Kier alpha value is -3.54. The van der Waals surface area contributed by atoms with Crippen molar-refractivity contribution in [1.29, 1.82) is 5.26 Å². The van der Waals surface area contributed by atoms with E-state index in [1.54, 1.807) is 0 Å². The number of aromatic nitrogens is 3. The molecule has 0 bridgehead atoms. The highest BCUT2D eigenvalue weighted by atomic mass is 16.2. The number of aryl methyl sites for hydroxylation is 1. The monoisotopic (exact) mass is 440 g/mol. The first-order valence-electron chi connectivity index (χ1n) is 10.7. The molecule has 2 aromatic rings. The van der Waals surface area contributed by atoms with Gasteiger partial charge in [0.25, 0.3) is 11.5 Å². The van der Waals surface area contributed by atoms with Gasteiger partial charge in [0, 0.05) is 31.5 Å². The number of nitrogens with one attached hydrogen (secondary N) is 1. The molecule has 0 saturated heterocycles. The lowest BCUT2D eigenvalue weighted by Crippen LogP contribution is -2.39. The average molecular weight is 441 g/mol. The van der Waals surface area contributed by atoms with Gasteiger partial charge in [-0.15, -0.1) is 0 Å². The maximum absolute atomic E-state index is 13.1. The fourth-order valence-corrected chi connectivity index (χ4v) is 3.64. The van der Waals surface area contributed by atoms with Crippen LogP contribution in [0, 0.1) is 31.1 Å². The zero-order chi connectivity index (χ0) is 24.2. The van der Waals surface area contributed by atoms with E-state index in [-0.39, 0.29) is 17.1 Å². The summed E-state index contributed by atoms with van der Waals surface area (Å²) in [6, 6.07) is 3.86. The third kappa shape index (κ3) is 5.02. The summed E-state index contributed by atoms with van der Waals surface area (Å²) in [5, 5.41) is 9.67. The minimum Gasteiger partial charge on any atom is -0.383 e. The Bertz CT molecular complexity index is 1190. The number of carbonyl (C=O) groups excluding carboxylic acids is 1. The molecule has 2 aromatic heterocycles. The van der Waals surface area contributed by atoms with Gasteiger partial charge in [0.2, 0.25) is 0 Å². The lowest BCUT2D eigenvalue weighted by atomic mass is 10.1. The second kappa shape index (κ2) is 10.2. The molecule has 0 spiro atoms. The van der Waals surface area contributed by atoms with Gasteiger partial charge in [-0.3, -0.25) is 19.1 Å². The number of hydrogen-bond donors (Lipinski definition) is 2. The third-order valence-corrected chi connectivity index (χ3v) is 5.40. The topological polar surface area (TPSA) is 130 Å². The molecule has 0 unspecified atom stereocenters. The van der Waals surface area contributed by atoms with Crippen LogP contribution in [0.4, 0.5) is 11.5 Å². The Morgan fingerprint density at radius 3 is 2.53 bits per heavy atom. The number of H-pyrrole nitrogens is 1. The molecule has 9 nitrogen and oxygen atoms in total. The number of nitriles is 1. The SMILES string of the molecule is CCCCn1c(N)c(N(C)C(=O)/C(C#N)=C/c2cc(C)n(CC(C)C)c2C)c(=O)[nH]c1=O. The van der Waals surface area contributed by atoms with Crippen molar-refractivity contribution in [2.45, 2.75) is 60.5 Å². The molecule has 1 amide bonds. The maximum atomic E-state index is 13.1. The summed E-state index contributed by atoms with van der Waals surface area (Å²) in [5.74, 6) is -0.340. The molecule has 172 valence electrons. The summed E-state index contributed by atoms with van der Waals surface area (Å²) in [6.45, 7) is 11.3. The van der Waals surface area contributed by atoms with Crippen LogP contribution in [-0.4, -0.2) is 27.1 Å². The van der Waals surface area contributed by atoms with Crippen molar-refractivity contribution >= 4 is 23.5 Å². The highest BCUT2D eigenvalue weighted by molar-refractivity contribution is 6.11. The van der Waals surface area contributed by atoms with E-state index in [0.29, 0.717) is 18.9 Å². The summed E-state index contributed by atoms with van der Waals surface area (Å²) in [4.78, 5) is 41.0. The Balaban J connectivity index is 2.49. The van der Waals surface area contributed by atoms with Crippen molar-refractivity contribution in [3.63, 3.8) is 0 Å². The van der Waals surface area contributed by atoms with Gasteiger partial charge in [0.05, 0.1) is 0 Å². The van der Waals surface area contributed by atoms with Crippen molar-refractivity contribution in [1.82, 2.24) is 14.1 Å². The molecule has 2 rings (SSSR count). The van der Waals surface area contributed by atoms with Crippen molar-refractivity contribution in [2.24, 2.45) is 5.92 Å². The minimum atomic E-state index is -0.775. The Labute approximate surface area is 187 Å². The lowest BCUT2D eigenvalue weighted by Gasteiger charge is -2.20. The second-order valence-corrected chi connectivity index (χ2v) is 8.36. The van der Waals surface area contributed by atoms with E-state index in [0.717, 1.165) is 34.8 Å². The predicted molar refractivity (Wildman–Crippen MR) is 126 cm³/mol. The largest absolute Gasteiger partial charge is 0.383 e. The first-order valence-corrected chi connectivity index (χ1v) is 10.7. The molecule has 0 radical (unpaired) electrons. The van der Waals surface area contributed by atoms with Crippen LogP contribution >= 0.6 is 0 Å². The number of rotatable bonds is 8. The summed E-state index contributed by atoms with van der Waals surface area (Å²) >= 11 is 0. The van der Waals surface area contributed by atoms with Gasteiger partial charge in [-0.2, -0.15) is 5.26 Å². The van der Waals surface area contributed by atoms with Crippen molar-refractivity contribution < 1.29 is 4.79 Å². The van der Waals surface area contributed by atoms with Gasteiger partial charge >= 0.3 is 5.69 Å². The Morgan fingerprint density at radius 2 is 1.97 bits per heavy atom. The number of nitrogens with zero attached hydrogens (tertiary/aromatic N) is 4. The normalized spacial score (nSPS) is 11.6. The van der Waals surface area contributed by atoms with Crippen LogP contribution in [0.1, 0.15) is 50.6 Å². The van der Waals surface area contributed by atoms with Crippen molar-refractivity contribution in [2.75, 3.05) is 17.7 Å². The first kappa shape index (κ1) is 24.7. The van der Waals surface area contributed by atoms with Crippen molar-refractivity contribution in [3.8, 4) is 6.07 Å². The summed E-state index contributed by atoms with van der Waals surface area (Å²) < 4.78 is 3.38. The van der Waals surface area contributed by atoms with Gasteiger partial charge in [0.1, 0.15) is 17.5 Å². The van der Waals surface area contributed by atoms with Crippen LogP contribution in [0.15, 0.2) is 21.2 Å².